The molecule has 2 N–H and O–H groups in total. The van der Waals surface area contributed by atoms with Crippen LogP contribution in [0.25, 0.3) is 10.9 Å². The second-order valence-corrected chi connectivity index (χ2v) is 8.21. The number of benzene rings is 2. The molecule has 3 aromatic rings. The maximum Gasteiger partial charge on any atom is 0.251 e. The number of piperidine rings is 1. The number of hydrogen-bond acceptors (Lipinski definition) is 4. The summed E-state index contributed by atoms with van der Waals surface area (Å²) >= 11 is 0. The average molecular weight is 422 g/mol. The van der Waals surface area contributed by atoms with Crippen LogP contribution in [0.5, 0.6) is 5.75 Å². The summed E-state index contributed by atoms with van der Waals surface area (Å²) in [5, 5.41) is 3.89. The highest BCUT2D eigenvalue weighted by Gasteiger charge is 2.31. The largest absolute Gasteiger partial charge is 0.496 e. The van der Waals surface area contributed by atoms with Gasteiger partial charge in [-0.05, 0) is 55.2 Å². The van der Waals surface area contributed by atoms with Crippen LogP contribution in [0.4, 0.5) is 0 Å². The van der Waals surface area contributed by atoms with Crippen molar-refractivity contribution < 1.29 is 14.3 Å². The molecule has 2 atom stereocenters. The molecule has 0 spiro atoms. The number of methoxy groups -OCH3 is 2. The van der Waals surface area contributed by atoms with Gasteiger partial charge in [0.1, 0.15) is 5.75 Å². The van der Waals surface area contributed by atoms with Crippen LogP contribution in [0.1, 0.15) is 45.9 Å². The zero-order chi connectivity index (χ0) is 22.0. The van der Waals surface area contributed by atoms with E-state index in [1.807, 2.05) is 18.3 Å². The predicted molar refractivity (Wildman–Crippen MR) is 123 cm³/mol. The average Bonchev–Trinajstić information content (AvgIpc) is 3.31. The van der Waals surface area contributed by atoms with E-state index in [9.17, 15) is 4.79 Å². The van der Waals surface area contributed by atoms with Gasteiger partial charge in [-0.1, -0.05) is 12.1 Å². The first-order chi connectivity index (χ1) is 15.0. The first-order valence-electron chi connectivity index (χ1n) is 10.8. The van der Waals surface area contributed by atoms with E-state index >= 15 is 0 Å². The number of hydrogen-bond donors (Lipinski definition) is 2. The number of aromatic amines is 1. The van der Waals surface area contributed by atoms with Gasteiger partial charge in [0.25, 0.3) is 5.91 Å². The zero-order valence-corrected chi connectivity index (χ0v) is 18.7. The minimum Gasteiger partial charge on any atom is -0.496 e. The Balaban J connectivity index is 1.68. The van der Waals surface area contributed by atoms with E-state index in [-0.39, 0.29) is 18.1 Å². The lowest BCUT2D eigenvalue weighted by atomic mass is 9.91. The third-order valence-corrected chi connectivity index (χ3v) is 6.48. The number of carbonyl (C=O) groups excluding carboxylic acids is 1. The van der Waals surface area contributed by atoms with Crippen molar-refractivity contribution in [2.24, 2.45) is 0 Å². The van der Waals surface area contributed by atoms with Crippen LogP contribution in [-0.2, 0) is 11.3 Å². The number of amides is 1. The van der Waals surface area contributed by atoms with Crippen molar-refractivity contribution in [3.63, 3.8) is 0 Å². The fourth-order valence-electron chi connectivity index (χ4n) is 4.72. The number of likely N-dealkylation sites (tertiary alicyclic amines) is 1. The van der Waals surface area contributed by atoms with Crippen LogP contribution >= 0.6 is 0 Å². The Morgan fingerprint density at radius 3 is 2.68 bits per heavy atom. The molecular formula is C25H31N3O3. The first kappa shape index (κ1) is 21.4. The van der Waals surface area contributed by atoms with E-state index in [1.165, 1.54) is 22.1 Å². The monoisotopic (exact) mass is 421 g/mol. The number of aromatic nitrogens is 1. The van der Waals surface area contributed by atoms with Crippen LogP contribution in [0.3, 0.4) is 0 Å². The molecule has 6 heteroatoms. The van der Waals surface area contributed by atoms with Crippen LogP contribution in [0.15, 0.2) is 42.6 Å². The summed E-state index contributed by atoms with van der Waals surface area (Å²) < 4.78 is 11.5. The molecule has 1 aromatic heterocycles. The molecule has 6 nitrogen and oxygen atoms in total. The van der Waals surface area contributed by atoms with Crippen molar-refractivity contribution in [2.45, 2.75) is 38.5 Å². The molecule has 2 aromatic carbocycles. The molecule has 2 unspecified atom stereocenters. The summed E-state index contributed by atoms with van der Waals surface area (Å²) in [6.07, 6.45) is 4.13. The molecule has 2 heterocycles. The van der Waals surface area contributed by atoms with Crippen molar-refractivity contribution >= 4 is 16.8 Å². The molecule has 1 aliphatic heterocycles. The topological polar surface area (TPSA) is 66.6 Å². The minimum atomic E-state index is -0.0685. The van der Waals surface area contributed by atoms with Crippen LogP contribution in [0, 0.1) is 6.92 Å². The second kappa shape index (κ2) is 9.12. The van der Waals surface area contributed by atoms with Crippen LogP contribution < -0.4 is 10.1 Å². The number of nitrogens with one attached hydrogen (secondary N) is 2. The summed E-state index contributed by atoms with van der Waals surface area (Å²) in [4.78, 5) is 17.8. The number of H-pyrrole nitrogens is 1. The van der Waals surface area contributed by atoms with Crippen molar-refractivity contribution in [1.29, 1.82) is 0 Å². The van der Waals surface area contributed by atoms with Gasteiger partial charge in [0.05, 0.1) is 13.2 Å². The third-order valence-electron chi connectivity index (χ3n) is 6.48. The number of fused-ring (bicyclic) bond motifs is 1. The first-order valence-corrected chi connectivity index (χ1v) is 10.8. The molecule has 1 saturated heterocycles. The fraction of sp³-hybridized carbons (Fsp3) is 0.400. The standard InChI is InChI=1S/C25H31N3O3/c1-16-13-23(31-4)21(20-9-11-27-24(16)20)15-28-12-10-19(30-3)14-22(28)17-5-7-18(8-6-17)25(29)26-2/h5-9,11,13,19,22,27H,10,12,14-15H2,1-4H3,(H,26,29). The van der Waals surface area contributed by atoms with Crippen molar-refractivity contribution in [3.8, 4) is 5.75 Å². The maximum atomic E-state index is 11.9. The molecule has 164 valence electrons. The van der Waals surface area contributed by atoms with Gasteiger partial charge in [-0.15, -0.1) is 0 Å². The number of rotatable bonds is 6. The molecule has 0 saturated carbocycles. The number of aryl methyl sites for hydroxylation is 1. The van der Waals surface area contributed by atoms with Gasteiger partial charge in [-0.3, -0.25) is 9.69 Å². The summed E-state index contributed by atoms with van der Waals surface area (Å²) in [6, 6.07) is 12.4. The third kappa shape index (κ3) is 4.18. The van der Waals surface area contributed by atoms with E-state index in [4.69, 9.17) is 9.47 Å². The Kier molecular flexibility index (Phi) is 6.30. The van der Waals surface area contributed by atoms with E-state index in [0.717, 1.165) is 37.2 Å². The number of ether oxygens (including phenoxy) is 2. The molecule has 1 fully saturated rings. The summed E-state index contributed by atoms with van der Waals surface area (Å²) in [7, 11) is 5.18. The Morgan fingerprint density at radius 2 is 2.00 bits per heavy atom. The zero-order valence-electron chi connectivity index (χ0n) is 18.7. The highest BCUT2D eigenvalue weighted by atomic mass is 16.5. The fourth-order valence-corrected chi connectivity index (χ4v) is 4.72. The SMILES string of the molecule is CNC(=O)c1ccc(C2CC(OC)CCN2Cc2c(OC)cc(C)c3[nH]ccc23)cc1. The van der Waals surface area contributed by atoms with Gasteiger partial charge >= 0.3 is 0 Å². The highest BCUT2D eigenvalue weighted by molar-refractivity contribution is 5.94. The van der Waals surface area contributed by atoms with Crippen LogP contribution in [0.2, 0.25) is 0 Å². The Labute approximate surface area is 183 Å². The van der Waals surface area contributed by atoms with E-state index in [0.29, 0.717) is 5.56 Å². The quantitative estimate of drug-likeness (QED) is 0.626. The molecule has 1 amide bonds. The van der Waals surface area contributed by atoms with Gasteiger partial charge in [0, 0.05) is 61.5 Å². The number of nitrogens with zero attached hydrogens (tertiary/aromatic N) is 1. The van der Waals surface area contributed by atoms with Gasteiger partial charge in [0.2, 0.25) is 0 Å². The Hall–Kier alpha value is -2.83. The second-order valence-electron chi connectivity index (χ2n) is 8.21. The molecule has 0 bridgehead atoms. The Bertz CT molecular complexity index is 1060. The Morgan fingerprint density at radius 1 is 1.23 bits per heavy atom. The van der Waals surface area contributed by atoms with Gasteiger partial charge in [-0.2, -0.15) is 0 Å². The van der Waals surface area contributed by atoms with Crippen LogP contribution in [-0.4, -0.2) is 49.7 Å². The molecular weight excluding hydrogens is 390 g/mol. The summed E-state index contributed by atoms with van der Waals surface area (Å²) in [5.74, 6) is 0.855. The van der Waals surface area contributed by atoms with Crippen molar-refractivity contribution in [3.05, 3.63) is 64.8 Å². The molecule has 31 heavy (non-hydrogen) atoms. The lowest BCUT2D eigenvalue weighted by Crippen LogP contribution is -2.39. The van der Waals surface area contributed by atoms with Gasteiger partial charge in [-0.25, -0.2) is 0 Å². The number of carbonyl (C=O) groups is 1. The lowest BCUT2D eigenvalue weighted by molar-refractivity contribution is 0.00676. The van der Waals surface area contributed by atoms with Gasteiger partial charge < -0.3 is 19.8 Å². The maximum absolute atomic E-state index is 11.9. The summed E-state index contributed by atoms with van der Waals surface area (Å²) in [6.45, 7) is 3.82. The predicted octanol–water partition coefficient (Wildman–Crippen LogP) is 4.20. The van der Waals surface area contributed by atoms with Crippen molar-refractivity contribution in [2.75, 3.05) is 27.8 Å². The minimum absolute atomic E-state index is 0.0685. The van der Waals surface area contributed by atoms with E-state index in [1.54, 1.807) is 21.3 Å². The molecule has 0 radical (unpaired) electrons. The van der Waals surface area contributed by atoms with Crippen molar-refractivity contribution in [1.82, 2.24) is 15.2 Å². The smallest absolute Gasteiger partial charge is 0.251 e. The molecule has 1 aliphatic rings. The normalized spacial score (nSPS) is 19.5. The highest BCUT2D eigenvalue weighted by Crippen LogP contribution is 2.37. The molecule has 4 rings (SSSR count). The molecule has 0 aliphatic carbocycles. The summed E-state index contributed by atoms with van der Waals surface area (Å²) in [5.41, 5.74) is 5.42. The lowest BCUT2D eigenvalue weighted by Gasteiger charge is -2.39. The van der Waals surface area contributed by atoms with Gasteiger partial charge in [0.15, 0.2) is 0 Å². The van der Waals surface area contributed by atoms with E-state index < -0.39 is 0 Å². The van der Waals surface area contributed by atoms with E-state index in [2.05, 4.69) is 46.4 Å².